The standard InChI is InChI=1S/C14H14BNO4/c1-10-4-11(7-16-6-10)9-20-13-2-3-14(15(18)19)12(5-13)8-17/h2-8,18-19H,9H2,1H3. The van der Waals surface area contributed by atoms with Gasteiger partial charge in [0, 0.05) is 23.5 Å². The molecular weight excluding hydrogens is 257 g/mol. The molecule has 0 amide bonds. The smallest absolute Gasteiger partial charge is 0.489 e. The van der Waals surface area contributed by atoms with E-state index in [2.05, 4.69) is 4.98 Å². The third-order valence-corrected chi connectivity index (χ3v) is 2.80. The number of aromatic nitrogens is 1. The molecule has 0 unspecified atom stereocenters. The van der Waals surface area contributed by atoms with Crippen LogP contribution < -0.4 is 10.2 Å². The van der Waals surface area contributed by atoms with E-state index in [1.807, 2.05) is 13.0 Å². The SMILES string of the molecule is Cc1cncc(COc2ccc(B(O)O)c(C=O)c2)c1. The Hall–Kier alpha value is -2.18. The average Bonchev–Trinajstić information content (AvgIpc) is 2.44. The Bertz CT molecular complexity index is 616. The van der Waals surface area contributed by atoms with Crippen LogP contribution in [0.3, 0.4) is 0 Å². The maximum Gasteiger partial charge on any atom is 0.489 e. The van der Waals surface area contributed by atoms with Gasteiger partial charge in [0.1, 0.15) is 18.6 Å². The highest BCUT2D eigenvalue weighted by Crippen LogP contribution is 2.13. The summed E-state index contributed by atoms with van der Waals surface area (Å²) < 4.78 is 5.56. The lowest BCUT2D eigenvalue weighted by Gasteiger charge is -2.09. The molecule has 2 N–H and O–H groups in total. The van der Waals surface area contributed by atoms with Crippen molar-refractivity contribution in [3.63, 3.8) is 0 Å². The number of aldehydes is 1. The fourth-order valence-corrected chi connectivity index (χ4v) is 1.84. The van der Waals surface area contributed by atoms with Gasteiger partial charge in [0.05, 0.1) is 0 Å². The molecule has 0 radical (unpaired) electrons. The first-order chi connectivity index (χ1) is 9.60. The van der Waals surface area contributed by atoms with Gasteiger partial charge < -0.3 is 14.8 Å². The molecular formula is C14H14BNO4. The minimum Gasteiger partial charge on any atom is -0.489 e. The molecule has 1 aromatic heterocycles. The van der Waals surface area contributed by atoms with Crippen molar-refractivity contribution in [3.05, 3.63) is 53.3 Å². The van der Waals surface area contributed by atoms with E-state index in [9.17, 15) is 4.79 Å². The maximum atomic E-state index is 10.9. The predicted molar refractivity (Wildman–Crippen MR) is 75.0 cm³/mol. The van der Waals surface area contributed by atoms with Gasteiger partial charge in [-0.3, -0.25) is 9.78 Å². The molecule has 0 spiro atoms. The molecule has 2 aromatic rings. The number of carbonyl (C=O) groups is 1. The number of hydrogen-bond donors (Lipinski definition) is 2. The minimum atomic E-state index is -1.68. The molecule has 0 aliphatic carbocycles. The first kappa shape index (κ1) is 14.2. The van der Waals surface area contributed by atoms with Crippen LogP contribution in [0.1, 0.15) is 21.5 Å². The lowest BCUT2D eigenvalue weighted by Crippen LogP contribution is -2.32. The van der Waals surface area contributed by atoms with Crippen LogP contribution in [0.5, 0.6) is 5.75 Å². The summed E-state index contributed by atoms with van der Waals surface area (Å²) in [5.41, 5.74) is 2.31. The first-order valence-electron chi connectivity index (χ1n) is 6.08. The Morgan fingerprint density at radius 3 is 2.75 bits per heavy atom. The molecule has 0 aliphatic rings. The Morgan fingerprint density at radius 1 is 1.30 bits per heavy atom. The summed E-state index contributed by atoms with van der Waals surface area (Å²) >= 11 is 0. The Kier molecular flexibility index (Phi) is 4.50. The molecule has 1 heterocycles. The predicted octanol–water partition coefficient (Wildman–Crippen LogP) is 0.461. The summed E-state index contributed by atoms with van der Waals surface area (Å²) in [6.45, 7) is 2.27. The van der Waals surface area contributed by atoms with Crippen LogP contribution in [0.4, 0.5) is 0 Å². The van der Waals surface area contributed by atoms with Crippen molar-refractivity contribution in [1.82, 2.24) is 4.98 Å². The summed E-state index contributed by atoms with van der Waals surface area (Å²) in [5, 5.41) is 18.2. The van der Waals surface area contributed by atoms with E-state index >= 15 is 0 Å². The van der Waals surface area contributed by atoms with Gasteiger partial charge in [-0.2, -0.15) is 0 Å². The molecule has 2 rings (SSSR count). The highest BCUT2D eigenvalue weighted by molar-refractivity contribution is 6.60. The Morgan fingerprint density at radius 2 is 2.10 bits per heavy atom. The molecule has 20 heavy (non-hydrogen) atoms. The van der Waals surface area contributed by atoms with Crippen LogP contribution in [0.15, 0.2) is 36.7 Å². The Labute approximate surface area is 117 Å². The molecule has 0 aliphatic heterocycles. The third-order valence-electron chi connectivity index (χ3n) is 2.80. The summed E-state index contributed by atoms with van der Waals surface area (Å²) in [4.78, 5) is 15.0. The number of ether oxygens (including phenoxy) is 1. The zero-order valence-electron chi connectivity index (χ0n) is 11.0. The van der Waals surface area contributed by atoms with E-state index in [4.69, 9.17) is 14.8 Å². The zero-order chi connectivity index (χ0) is 14.5. The first-order valence-corrected chi connectivity index (χ1v) is 6.08. The molecule has 0 saturated carbocycles. The fraction of sp³-hybridized carbons (Fsp3) is 0.143. The number of aryl methyl sites for hydroxylation is 1. The van der Waals surface area contributed by atoms with Gasteiger partial charge in [-0.05, 0) is 36.1 Å². The number of pyridine rings is 1. The minimum absolute atomic E-state index is 0.157. The number of carbonyl (C=O) groups excluding carboxylic acids is 1. The van der Waals surface area contributed by atoms with E-state index in [-0.39, 0.29) is 11.0 Å². The van der Waals surface area contributed by atoms with Crippen LogP contribution in [0.2, 0.25) is 0 Å². The summed E-state index contributed by atoms with van der Waals surface area (Å²) in [6.07, 6.45) is 4.03. The van der Waals surface area contributed by atoms with E-state index in [0.29, 0.717) is 18.6 Å². The van der Waals surface area contributed by atoms with Gasteiger partial charge in [0.15, 0.2) is 0 Å². The highest BCUT2D eigenvalue weighted by Gasteiger charge is 2.16. The number of benzene rings is 1. The van der Waals surface area contributed by atoms with Crippen LogP contribution in [0.25, 0.3) is 0 Å². The van der Waals surface area contributed by atoms with Gasteiger partial charge in [-0.25, -0.2) is 0 Å². The number of hydrogen-bond acceptors (Lipinski definition) is 5. The van der Waals surface area contributed by atoms with E-state index < -0.39 is 7.12 Å². The molecule has 6 heteroatoms. The van der Waals surface area contributed by atoms with Crippen molar-refractivity contribution in [1.29, 1.82) is 0 Å². The summed E-state index contributed by atoms with van der Waals surface area (Å²) in [6, 6.07) is 6.48. The zero-order valence-corrected chi connectivity index (χ0v) is 11.0. The molecule has 5 nitrogen and oxygen atoms in total. The van der Waals surface area contributed by atoms with Crippen molar-refractivity contribution in [2.75, 3.05) is 0 Å². The van der Waals surface area contributed by atoms with Crippen molar-refractivity contribution < 1.29 is 19.6 Å². The van der Waals surface area contributed by atoms with Crippen molar-refractivity contribution >= 4 is 18.9 Å². The van der Waals surface area contributed by atoms with Gasteiger partial charge in [-0.1, -0.05) is 6.07 Å². The number of nitrogens with zero attached hydrogens (tertiary/aromatic N) is 1. The maximum absolute atomic E-state index is 10.9. The third kappa shape index (κ3) is 3.43. The van der Waals surface area contributed by atoms with E-state index in [0.717, 1.165) is 11.1 Å². The second-order valence-electron chi connectivity index (χ2n) is 4.44. The van der Waals surface area contributed by atoms with Gasteiger partial charge >= 0.3 is 7.12 Å². The van der Waals surface area contributed by atoms with Crippen molar-refractivity contribution in [2.24, 2.45) is 0 Å². The molecule has 1 aromatic carbocycles. The van der Waals surface area contributed by atoms with E-state index in [1.54, 1.807) is 18.5 Å². The lowest BCUT2D eigenvalue weighted by molar-refractivity contribution is 0.112. The molecule has 0 bridgehead atoms. The second-order valence-corrected chi connectivity index (χ2v) is 4.44. The van der Waals surface area contributed by atoms with Gasteiger partial charge in [0.2, 0.25) is 0 Å². The topological polar surface area (TPSA) is 79.7 Å². The van der Waals surface area contributed by atoms with Gasteiger partial charge in [0.25, 0.3) is 0 Å². The summed E-state index contributed by atoms with van der Waals surface area (Å²) in [7, 11) is -1.68. The summed E-state index contributed by atoms with van der Waals surface area (Å²) in [5.74, 6) is 0.484. The normalized spacial score (nSPS) is 10.2. The van der Waals surface area contributed by atoms with Crippen molar-refractivity contribution in [3.8, 4) is 5.75 Å². The largest absolute Gasteiger partial charge is 0.489 e. The van der Waals surface area contributed by atoms with Crippen LogP contribution in [0, 0.1) is 6.92 Å². The lowest BCUT2D eigenvalue weighted by atomic mass is 9.77. The Balaban J connectivity index is 2.12. The van der Waals surface area contributed by atoms with Crippen LogP contribution >= 0.6 is 0 Å². The molecule has 102 valence electrons. The van der Waals surface area contributed by atoms with Crippen LogP contribution in [-0.2, 0) is 6.61 Å². The quantitative estimate of drug-likeness (QED) is 0.610. The number of rotatable bonds is 5. The van der Waals surface area contributed by atoms with Crippen molar-refractivity contribution in [2.45, 2.75) is 13.5 Å². The van der Waals surface area contributed by atoms with Crippen LogP contribution in [-0.4, -0.2) is 28.4 Å². The monoisotopic (exact) mass is 271 g/mol. The molecule has 0 saturated heterocycles. The second kappa shape index (κ2) is 6.32. The average molecular weight is 271 g/mol. The molecule has 0 fully saturated rings. The molecule has 0 atom stereocenters. The van der Waals surface area contributed by atoms with Gasteiger partial charge in [-0.15, -0.1) is 0 Å². The fourth-order valence-electron chi connectivity index (χ4n) is 1.84. The van der Waals surface area contributed by atoms with E-state index in [1.165, 1.54) is 12.1 Å². The highest BCUT2D eigenvalue weighted by atomic mass is 16.5.